The minimum Gasteiger partial charge on any atom is -0.482 e. The second-order valence-corrected chi connectivity index (χ2v) is 7.39. The first-order valence-electron chi connectivity index (χ1n) is 9.83. The SMILES string of the molecule is Cn1nc(C2CCC(=O)NC2=O)c2cccc(OCC(=O)NCC3CCCO3)c21. The first kappa shape index (κ1) is 19.4. The number of amides is 3. The number of imide groups is 1. The largest absolute Gasteiger partial charge is 0.482 e. The topological polar surface area (TPSA) is 112 Å². The van der Waals surface area contributed by atoms with E-state index in [1.54, 1.807) is 23.9 Å². The number of nitrogens with zero attached hydrogens (tertiary/aromatic N) is 2. The highest BCUT2D eigenvalue weighted by molar-refractivity contribution is 6.03. The summed E-state index contributed by atoms with van der Waals surface area (Å²) in [5.41, 5.74) is 1.32. The zero-order valence-electron chi connectivity index (χ0n) is 16.3. The molecule has 2 unspecified atom stereocenters. The third-order valence-electron chi connectivity index (χ3n) is 5.34. The maximum absolute atomic E-state index is 12.3. The maximum Gasteiger partial charge on any atom is 0.258 e. The Morgan fingerprint density at radius 3 is 3.00 bits per heavy atom. The molecule has 0 aliphatic carbocycles. The third-order valence-corrected chi connectivity index (χ3v) is 5.34. The van der Waals surface area contributed by atoms with Crippen molar-refractivity contribution in [3.8, 4) is 5.75 Å². The summed E-state index contributed by atoms with van der Waals surface area (Å²) in [6, 6.07) is 5.44. The summed E-state index contributed by atoms with van der Waals surface area (Å²) in [7, 11) is 1.77. The molecular formula is C20H24N4O5. The fourth-order valence-electron chi connectivity index (χ4n) is 3.88. The highest BCUT2D eigenvalue weighted by Gasteiger charge is 2.32. The number of piperidine rings is 1. The summed E-state index contributed by atoms with van der Waals surface area (Å²) in [6.45, 7) is 1.11. The number of para-hydroxylation sites is 1. The molecule has 2 aliphatic heterocycles. The van der Waals surface area contributed by atoms with Crippen LogP contribution in [0.1, 0.15) is 37.3 Å². The Kier molecular flexibility index (Phi) is 5.48. The molecular weight excluding hydrogens is 376 g/mol. The minimum atomic E-state index is -0.485. The second kappa shape index (κ2) is 8.20. The van der Waals surface area contributed by atoms with Gasteiger partial charge >= 0.3 is 0 Å². The summed E-state index contributed by atoms with van der Waals surface area (Å²) >= 11 is 0. The van der Waals surface area contributed by atoms with E-state index in [0.29, 0.717) is 29.9 Å². The maximum atomic E-state index is 12.3. The fourth-order valence-corrected chi connectivity index (χ4v) is 3.88. The molecule has 1 aromatic heterocycles. The van der Waals surface area contributed by atoms with E-state index in [0.717, 1.165) is 24.8 Å². The van der Waals surface area contributed by atoms with E-state index in [2.05, 4.69) is 15.7 Å². The monoisotopic (exact) mass is 400 g/mol. The Morgan fingerprint density at radius 2 is 2.24 bits per heavy atom. The average Bonchev–Trinajstić information content (AvgIpc) is 3.33. The van der Waals surface area contributed by atoms with Crippen LogP contribution in [0.5, 0.6) is 5.75 Å². The summed E-state index contributed by atoms with van der Waals surface area (Å²) in [5, 5.41) is 10.5. The van der Waals surface area contributed by atoms with E-state index < -0.39 is 5.92 Å². The number of nitrogens with one attached hydrogen (secondary N) is 2. The van der Waals surface area contributed by atoms with Gasteiger partial charge in [-0.25, -0.2) is 0 Å². The van der Waals surface area contributed by atoms with Gasteiger partial charge in [0.25, 0.3) is 5.91 Å². The van der Waals surface area contributed by atoms with Crippen LogP contribution in [0, 0.1) is 0 Å². The quantitative estimate of drug-likeness (QED) is 0.693. The van der Waals surface area contributed by atoms with Crippen molar-refractivity contribution in [3.05, 3.63) is 23.9 Å². The Labute approximate surface area is 167 Å². The van der Waals surface area contributed by atoms with Crippen molar-refractivity contribution in [2.24, 2.45) is 7.05 Å². The zero-order chi connectivity index (χ0) is 20.4. The predicted molar refractivity (Wildman–Crippen MR) is 103 cm³/mol. The number of hydrogen-bond acceptors (Lipinski definition) is 6. The molecule has 9 nitrogen and oxygen atoms in total. The van der Waals surface area contributed by atoms with Crippen molar-refractivity contribution >= 4 is 28.6 Å². The Hall–Kier alpha value is -2.94. The number of fused-ring (bicyclic) bond motifs is 1. The van der Waals surface area contributed by atoms with Crippen LogP contribution in [0.4, 0.5) is 0 Å². The zero-order valence-corrected chi connectivity index (χ0v) is 16.3. The van der Waals surface area contributed by atoms with E-state index >= 15 is 0 Å². The molecule has 1 aromatic carbocycles. The highest BCUT2D eigenvalue weighted by Crippen LogP contribution is 2.34. The molecule has 2 aliphatic rings. The summed E-state index contributed by atoms with van der Waals surface area (Å²) in [4.78, 5) is 35.8. The van der Waals surface area contributed by atoms with E-state index in [4.69, 9.17) is 9.47 Å². The summed E-state index contributed by atoms with van der Waals surface area (Å²) < 4.78 is 12.9. The normalized spacial score (nSPS) is 22.0. The van der Waals surface area contributed by atoms with Crippen LogP contribution in [0.15, 0.2) is 18.2 Å². The van der Waals surface area contributed by atoms with Gasteiger partial charge in [-0.3, -0.25) is 24.4 Å². The number of rotatable bonds is 6. The van der Waals surface area contributed by atoms with E-state index in [9.17, 15) is 14.4 Å². The summed E-state index contributed by atoms with van der Waals surface area (Å²) in [5.74, 6) is -0.777. The first-order valence-corrected chi connectivity index (χ1v) is 9.83. The van der Waals surface area contributed by atoms with Gasteiger partial charge in [0.15, 0.2) is 6.61 Å². The number of carbonyl (C=O) groups excluding carboxylic acids is 3. The van der Waals surface area contributed by atoms with Crippen molar-refractivity contribution in [3.63, 3.8) is 0 Å². The van der Waals surface area contributed by atoms with Crippen LogP contribution in [0.3, 0.4) is 0 Å². The molecule has 0 spiro atoms. The number of aromatic nitrogens is 2. The standard InChI is InChI=1S/C20H24N4O5/c1-24-19-13(18(23-24)14-7-8-16(25)22-20(14)27)5-2-6-15(19)29-11-17(26)21-10-12-4-3-9-28-12/h2,5-6,12,14H,3-4,7-11H2,1H3,(H,21,26)(H,22,25,27). The number of ether oxygens (including phenoxy) is 2. The van der Waals surface area contributed by atoms with Gasteiger partial charge in [-0.15, -0.1) is 0 Å². The number of hydrogen-bond donors (Lipinski definition) is 2. The van der Waals surface area contributed by atoms with Crippen LogP contribution < -0.4 is 15.4 Å². The van der Waals surface area contributed by atoms with Crippen LogP contribution >= 0.6 is 0 Å². The lowest BCUT2D eigenvalue weighted by atomic mass is 9.93. The molecule has 154 valence electrons. The molecule has 2 fully saturated rings. The Morgan fingerprint density at radius 1 is 1.38 bits per heavy atom. The van der Waals surface area contributed by atoms with Crippen molar-refractivity contribution < 1.29 is 23.9 Å². The van der Waals surface area contributed by atoms with Gasteiger partial charge in [-0.2, -0.15) is 5.10 Å². The number of aryl methyl sites for hydroxylation is 1. The molecule has 0 bridgehead atoms. The minimum absolute atomic E-state index is 0.0792. The van der Waals surface area contributed by atoms with Crippen molar-refractivity contribution in [1.29, 1.82) is 0 Å². The van der Waals surface area contributed by atoms with E-state index in [1.165, 1.54) is 0 Å². The molecule has 2 aromatic rings. The van der Waals surface area contributed by atoms with Gasteiger partial charge < -0.3 is 14.8 Å². The number of carbonyl (C=O) groups is 3. The van der Waals surface area contributed by atoms with Gasteiger partial charge in [0.1, 0.15) is 11.3 Å². The molecule has 2 N–H and O–H groups in total. The third kappa shape index (κ3) is 4.09. The predicted octanol–water partition coefficient (Wildman–Crippen LogP) is 0.768. The molecule has 3 amide bonds. The second-order valence-electron chi connectivity index (χ2n) is 7.39. The smallest absolute Gasteiger partial charge is 0.258 e. The van der Waals surface area contributed by atoms with Crippen LogP contribution in [0.2, 0.25) is 0 Å². The lowest BCUT2D eigenvalue weighted by Gasteiger charge is -2.19. The molecule has 29 heavy (non-hydrogen) atoms. The fraction of sp³-hybridized carbons (Fsp3) is 0.500. The van der Waals surface area contributed by atoms with Crippen molar-refractivity contribution in [1.82, 2.24) is 20.4 Å². The van der Waals surface area contributed by atoms with Crippen molar-refractivity contribution in [2.75, 3.05) is 19.8 Å². The molecule has 2 saturated heterocycles. The van der Waals surface area contributed by atoms with E-state index in [-0.39, 0.29) is 36.9 Å². The molecule has 0 radical (unpaired) electrons. The lowest BCUT2D eigenvalue weighted by Crippen LogP contribution is -2.39. The molecule has 3 heterocycles. The first-order chi connectivity index (χ1) is 14.0. The van der Waals surface area contributed by atoms with Crippen molar-refractivity contribution in [2.45, 2.75) is 37.7 Å². The number of benzene rings is 1. The van der Waals surface area contributed by atoms with Crippen LogP contribution in [0.25, 0.3) is 10.9 Å². The Bertz CT molecular complexity index is 948. The highest BCUT2D eigenvalue weighted by atomic mass is 16.5. The molecule has 0 saturated carbocycles. The van der Waals surface area contributed by atoms with Gasteiger partial charge in [-0.05, 0) is 25.3 Å². The van der Waals surface area contributed by atoms with Gasteiger partial charge in [0, 0.05) is 32.0 Å². The van der Waals surface area contributed by atoms with Gasteiger partial charge in [0.2, 0.25) is 11.8 Å². The summed E-state index contributed by atoms with van der Waals surface area (Å²) in [6.07, 6.45) is 2.77. The molecule has 4 rings (SSSR count). The van der Waals surface area contributed by atoms with E-state index in [1.807, 2.05) is 6.07 Å². The van der Waals surface area contributed by atoms with Gasteiger partial charge in [-0.1, -0.05) is 12.1 Å². The van der Waals surface area contributed by atoms with Crippen LogP contribution in [-0.2, 0) is 26.2 Å². The van der Waals surface area contributed by atoms with Crippen LogP contribution in [-0.4, -0.2) is 53.4 Å². The average molecular weight is 400 g/mol. The molecule has 2 atom stereocenters. The Balaban J connectivity index is 1.47. The molecule has 9 heteroatoms. The lowest BCUT2D eigenvalue weighted by molar-refractivity contribution is -0.134. The van der Waals surface area contributed by atoms with Gasteiger partial charge in [0.05, 0.1) is 17.7 Å².